The Morgan fingerprint density at radius 1 is 1.04 bits per heavy atom. The fourth-order valence-electron chi connectivity index (χ4n) is 2.74. The predicted octanol–water partition coefficient (Wildman–Crippen LogP) is 3.77. The van der Waals surface area contributed by atoms with Gasteiger partial charge >= 0.3 is 0 Å². The lowest BCUT2D eigenvalue weighted by atomic mass is 10.0. The first-order valence-corrected chi connectivity index (χ1v) is 7.61. The standard InChI is InChI=1S/C19H20N2O2/c1-11-4-5-14-9-15(19(23)21-18(14)13(11)3)10-20-17-7-6-16(22)8-12(17)2/h4-9,20,22H,10H2,1-3H3,(H,21,23). The van der Waals surface area contributed by atoms with Crippen molar-refractivity contribution in [2.45, 2.75) is 27.3 Å². The van der Waals surface area contributed by atoms with Crippen molar-refractivity contribution in [2.75, 3.05) is 5.32 Å². The van der Waals surface area contributed by atoms with Crippen LogP contribution in [0.4, 0.5) is 5.69 Å². The number of anilines is 1. The second-order valence-electron chi connectivity index (χ2n) is 5.95. The first-order valence-electron chi connectivity index (χ1n) is 7.61. The van der Waals surface area contributed by atoms with Crippen LogP contribution in [0.2, 0.25) is 0 Å². The molecule has 0 bridgehead atoms. The molecule has 0 atom stereocenters. The Kier molecular flexibility index (Phi) is 3.82. The van der Waals surface area contributed by atoms with E-state index in [-0.39, 0.29) is 11.3 Å². The number of pyridine rings is 1. The van der Waals surface area contributed by atoms with Gasteiger partial charge in [0.25, 0.3) is 5.56 Å². The van der Waals surface area contributed by atoms with Crippen molar-refractivity contribution in [3.63, 3.8) is 0 Å². The number of phenolic OH excluding ortho intramolecular Hbond substituents is 1. The molecule has 4 heteroatoms. The summed E-state index contributed by atoms with van der Waals surface area (Å²) in [6.07, 6.45) is 0. The maximum atomic E-state index is 12.3. The maximum absolute atomic E-state index is 12.3. The van der Waals surface area contributed by atoms with Crippen molar-refractivity contribution in [1.82, 2.24) is 4.98 Å². The molecule has 3 N–H and O–H groups in total. The summed E-state index contributed by atoms with van der Waals surface area (Å²) < 4.78 is 0. The van der Waals surface area contributed by atoms with Gasteiger partial charge in [-0.05, 0) is 67.1 Å². The number of fused-ring (bicyclic) bond motifs is 1. The fourth-order valence-corrected chi connectivity index (χ4v) is 2.74. The normalized spacial score (nSPS) is 10.9. The summed E-state index contributed by atoms with van der Waals surface area (Å²) in [6.45, 7) is 6.41. The van der Waals surface area contributed by atoms with Gasteiger partial charge in [0.2, 0.25) is 0 Å². The lowest BCUT2D eigenvalue weighted by molar-refractivity contribution is 0.475. The van der Waals surface area contributed by atoms with Crippen LogP contribution in [0.3, 0.4) is 0 Å². The van der Waals surface area contributed by atoms with Crippen molar-refractivity contribution in [1.29, 1.82) is 0 Å². The molecule has 0 unspecified atom stereocenters. The summed E-state index contributed by atoms with van der Waals surface area (Å²) in [5.41, 5.74) is 5.63. The third-order valence-corrected chi connectivity index (χ3v) is 4.31. The van der Waals surface area contributed by atoms with E-state index in [0.717, 1.165) is 27.7 Å². The summed E-state index contributed by atoms with van der Waals surface area (Å²) >= 11 is 0. The highest BCUT2D eigenvalue weighted by Gasteiger charge is 2.07. The van der Waals surface area contributed by atoms with Gasteiger partial charge in [-0.1, -0.05) is 12.1 Å². The molecule has 0 aliphatic carbocycles. The Morgan fingerprint density at radius 2 is 1.83 bits per heavy atom. The molecule has 3 aromatic rings. The summed E-state index contributed by atoms with van der Waals surface area (Å²) in [4.78, 5) is 15.3. The summed E-state index contributed by atoms with van der Waals surface area (Å²) in [7, 11) is 0. The van der Waals surface area contributed by atoms with E-state index in [9.17, 15) is 9.90 Å². The summed E-state index contributed by atoms with van der Waals surface area (Å²) in [5.74, 6) is 0.238. The number of hydrogen-bond donors (Lipinski definition) is 3. The highest BCUT2D eigenvalue weighted by Crippen LogP contribution is 2.22. The van der Waals surface area contributed by atoms with Crippen LogP contribution in [-0.2, 0) is 6.54 Å². The number of aromatic amines is 1. The molecule has 0 fully saturated rings. The first-order chi connectivity index (χ1) is 11.0. The van der Waals surface area contributed by atoms with Crippen molar-refractivity contribution in [3.05, 3.63) is 69.0 Å². The third-order valence-electron chi connectivity index (χ3n) is 4.31. The van der Waals surface area contributed by atoms with Gasteiger partial charge < -0.3 is 15.4 Å². The van der Waals surface area contributed by atoms with Gasteiger partial charge in [0.1, 0.15) is 5.75 Å². The van der Waals surface area contributed by atoms with E-state index in [1.165, 1.54) is 5.56 Å². The minimum Gasteiger partial charge on any atom is -0.508 e. The van der Waals surface area contributed by atoms with Crippen LogP contribution >= 0.6 is 0 Å². The molecule has 23 heavy (non-hydrogen) atoms. The molecule has 1 heterocycles. The second kappa shape index (κ2) is 5.80. The van der Waals surface area contributed by atoms with Gasteiger partial charge in [0.15, 0.2) is 0 Å². The Morgan fingerprint density at radius 3 is 2.57 bits per heavy atom. The average molecular weight is 308 g/mol. The predicted molar refractivity (Wildman–Crippen MR) is 94.2 cm³/mol. The van der Waals surface area contributed by atoms with E-state index in [2.05, 4.69) is 16.4 Å². The minimum absolute atomic E-state index is 0.0740. The zero-order valence-electron chi connectivity index (χ0n) is 13.5. The van der Waals surface area contributed by atoms with Crippen LogP contribution in [0.5, 0.6) is 5.75 Å². The molecule has 1 aromatic heterocycles. The summed E-state index contributed by atoms with van der Waals surface area (Å²) in [6, 6.07) is 11.2. The monoisotopic (exact) mass is 308 g/mol. The molecule has 118 valence electrons. The molecule has 4 nitrogen and oxygen atoms in total. The molecule has 0 spiro atoms. The number of aromatic hydroxyl groups is 1. The molecular formula is C19H20N2O2. The van der Waals surface area contributed by atoms with Gasteiger partial charge in [0.05, 0.1) is 5.52 Å². The highest BCUT2D eigenvalue weighted by molar-refractivity contribution is 5.83. The topological polar surface area (TPSA) is 65.1 Å². The van der Waals surface area contributed by atoms with Crippen molar-refractivity contribution in [3.8, 4) is 5.75 Å². The van der Waals surface area contributed by atoms with Gasteiger partial charge in [-0.15, -0.1) is 0 Å². The van der Waals surface area contributed by atoms with Crippen LogP contribution in [-0.4, -0.2) is 10.1 Å². The van der Waals surface area contributed by atoms with E-state index in [1.807, 2.05) is 39.0 Å². The fraction of sp³-hybridized carbons (Fsp3) is 0.211. The highest BCUT2D eigenvalue weighted by atomic mass is 16.3. The van der Waals surface area contributed by atoms with E-state index in [1.54, 1.807) is 12.1 Å². The zero-order chi connectivity index (χ0) is 16.6. The average Bonchev–Trinajstić information content (AvgIpc) is 2.51. The lowest BCUT2D eigenvalue weighted by Gasteiger charge is -2.11. The van der Waals surface area contributed by atoms with Gasteiger partial charge in [-0.2, -0.15) is 0 Å². The number of nitrogens with one attached hydrogen (secondary N) is 2. The molecule has 0 amide bonds. The number of benzene rings is 2. The molecule has 0 radical (unpaired) electrons. The molecule has 0 aliphatic heterocycles. The second-order valence-corrected chi connectivity index (χ2v) is 5.95. The van der Waals surface area contributed by atoms with Gasteiger partial charge in [0, 0.05) is 17.8 Å². The molecular weight excluding hydrogens is 288 g/mol. The molecule has 3 rings (SSSR count). The van der Waals surface area contributed by atoms with Gasteiger partial charge in [-0.25, -0.2) is 0 Å². The number of aromatic nitrogens is 1. The van der Waals surface area contributed by atoms with E-state index >= 15 is 0 Å². The van der Waals surface area contributed by atoms with Crippen LogP contribution < -0.4 is 10.9 Å². The molecule has 0 saturated heterocycles. The van der Waals surface area contributed by atoms with Crippen molar-refractivity contribution in [2.24, 2.45) is 0 Å². The SMILES string of the molecule is Cc1cc(O)ccc1NCc1cc2ccc(C)c(C)c2[nH]c1=O. The maximum Gasteiger partial charge on any atom is 0.253 e. The Labute approximate surface area is 134 Å². The number of phenols is 1. The lowest BCUT2D eigenvalue weighted by Crippen LogP contribution is -2.16. The molecule has 2 aromatic carbocycles. The van der Waals surface area contributed by atoms with E-state index < -0.39 is 0 Å². The molecule has 0 saturated carbocycles. The molecule has 0 aliphatic rings. The Balaban J connectivity index is 1.93. The van der Waals surface area contributed by atoms with E-state index in [0.29, 0.717) is 12.1 Å². The third kappa shape index (κ3) is 2.93. The van der Waals surface area contributed by atoms with Crippen LogP contribution in [0.15, 0.2) is 41.2 Å². The van der Waals surface area contributed by atoms with Crippen LogP contribution in [0, 0.1) is 20.8 Å². The number of hydrogen-bond acceptors (Lipinski definition) is 3. The summed E-state index contributed by atoms with van der Waals surface area (Å²) in [5, 5.41) is 13.7. The number of rotatable bonds is 3. The van der Waals surface area contributed by atoms with Gasteiger partial charge in [-0.3, -0.25) is 4.79 Å². The van der Waals surface area contributed by atoms with Crippen LogP contribution in [0.1, 0.15) is 22.3 Å². The zero-order valence-corrected chi connectivity index (χ0v) is 13.5. The van der Waals surface area contributed by atoms with Crippen molar-refractivity contribution < 1.29 is 5.11 Å². The van der Waals surface area contributed by atoms with Crippen molar-refractivity contribution >= 4 is 16.6 Å². The number of aryl methyl sites for hydroxylation is 3. The quantitative estimate of drug-likeness (QED) is 0.645. The largest absolute Gasteiger partial charge is 0.508 e. The minimum atomic E-state index is -0.0740. The Hall–Kier alpha value is -2.75. The van der Waals surface area contributed by atoms with E-state index in [4.69, 9.17) is 0 Å². The Bertz CT molecular complexity index is 942. The van der Waals surface area contributed by atoms with Crippen LogP contribution in [0.25, 0.3) is 10.9 Å². The smallest absolute Gasteiger partial charge is 0.253 e. The first kappa shape index (κ1) is 15.2. The number of H-pyrrole nitrogens is 1.